The molecule has 0 aromatic carbocycles. The van der Waals surface area contributed by atoms with Crippen LogP contribution in [0.25, 0.3) is 0 Å². The molecule has 0 nitrogen and oxygen atoms in total. The highest BCUT2D eigenvalue weighted by Crippen LogP contribution is 2.52. The SMILES string of the molecule is CCC1CC1C(C)C1CCC1. The smallest absolute Gasteiger partial charge is 0.0355 e. The summed E-state index contributed by atoms with van der Waals surface area (Å²) in [7, 11) is 0. The third-order valence-electron chi connectivity index (χ3n) is 4.07. The van der Waals surface area contributed by atoms with E-state index in [0.717, 1.165) is 23.7 Å². The van der Waals surface area contributed by atoms with Crippen LogP contribution in [0.5, 0.6) is 0 Å². The van der Waals surface area contributed by atoms with Crippen molar-refractivity contribution in [3.05, 3.63) is 0 Å². The Balaban J connectivity index is 1.77. The van der Waals surface area contributed by atoms with Gasteiger partial charge in [0.15, 0.2) is 0 Å². The van der Waals surface area contributed by atoms with E-state index >= 15 is 0 Å². The monoisotopic (exact) mass is 152 g/mol. The predicted molar refractivity (Wildman–Crippen MR) is 48.4 cm³/mol. The quantitative estimate of drug-likeness (QED) is 0.581. The second-order valence-electron chi connectivity index (χ2n) is 4.62. The van der Waals surface area contributed by atoms with Crippen LogP contribution in [-0.2, 0) is 0 Å². The molecule has 0 aromatic rings. The summed E-state index contributed by atoms with van der Waals surface area (Å²) in [5.41, 5.74) is 0. The molecule has 3 atom stereocenters. The number of hydrogen-bond donors (Lipinski definition) is 0. The van der Waals surface area contributed by atoms with Crippen molar-refractivity contribution in [2.75, 3.05) is 0 Å². The molecular weight excluding hydrogens is 132 g/mol. The first-order valence-corrected chi connectivity index (χ1v) is 5.33. The highest BCUT2D eigenvalue weighted by Gasteiger charge is 2.43. The minimum Gasteiger partial charge on any atom is -0.0651 e. The molecule has 0 heterocycles. The summed E-state index contributed by atoms with van der Waals surface area (Å²) in [6, 6.07) is 0. The zero-order valence-corrected chi connectivity index (χ0v) is 7.84. The maximum atomic E-state index is 2.49. The van der Waals surface area contributed by atoms with Crippen molar-refractivity contribution < 1.29 is 0 Å². The molecule has 0 aromatic heterocycles. The van der Waals surface area contributed by atoms with Gasteiger partial charge in [0, 0.05) is 0 Å². The third kappa shape index (κ3) is 1.32. The van der Waals surface area contributed by atoms with E-state index in [1.165, 1.54) is 25.7 Å². The summed E-state index contributed by atoms with van der Waals surface area (Å²) >= 11 is 0. The maximum Gasteiger partial charge on any atom is -0.0355 e. The average molecular weight is 152 g/mol. The molecule has 2 aliphatic rings. The van der Waals surface area contributed by atoms with Gasteiger partial charge in [0.05, 0.1) is 0 Å². The van der Waals surface area contributed by atoms with Crippen molar-refractivity contribution in [1.82, 2.24) is 0 Å². The summed E-state index contributed by atoms with van der Waals surface area (Å²) < 4.78 is 0. The zero-order valence-electron chi connectivity index (χ0n) is 7.84. The maximum absolute atomic E-state index is 2.49. The molecule has 0 heteroatoms. The summed E-state index contributed by atoms with van der Waals surface area (Å²) in [5, 5.41) is 0. The minimum atomic E-state index is 1.06. The van der Waals surface area contributed by atoms with Crippen molar-refractivity contribution in [2.45, 2.75) is 46.0 Å². The lowest BCUT2D eigenvalue weighted by molar-refractivity contribution is 0.193. The van der Waals surface area contributed by atoms with E-state index in [2.05, 4.69) is 13.8 Å². The Hall–Kier alpha value is 0. The van der Waals surface area contributed by atoms with Gasteiger partial charge in [-0.1, -0.05) is 39.5 Å². The second kappa shape index (κ2) is 2.80. The molecule has 2 aliphatic carbocycles. The highest BCUT2D eigenvalue weighted by atomic mass is 14.5. The zero-order chi connectivity index (χ0) is 7.84. The standard InChI is InChI=1S/C11H20/c1-3-9-7-11(9)8(2)10-5-4-6-10/h8-11H,3-7H2,1-2H3. The highest BCUT2D eigenvalue weighted by molar-refractivity contribution is 4.92. The van der Waals surface area contributed by atoms with E-state index in [0.29, 0.717) is 0 Å². The van der Waals surface area contributed by atoms with Crippen LogP contribution in [0.15, 0.2) is 0 Å². The molecule has 2 rings (SSSR count). The van der Waals surface area contributed by atoms with E-state index in [1.54, 1.807) is 6.42 Å². The van der Waals surface area contributed by atoms with Gasteiger partial charge in [-0.25, -0.2) is 0 Å². The molecule has 0 bridgehead atoms. The van der Waals surface area contributed by atoms with Crippen LogP contribution >= 0.6 is 0 Å². The van der Waals surface area contributed by atoms with Crippen LogP contribution in [0.4, 0.5) is 0 Å². The molecule has 2 saturated carbocycles. The third-order valence-corrected chi connectivity index (χ3v) is 4.07. The first-order chi connectivity index (χ1) is 5.33. The largest absolute Gasteiger partial charge is 0.0651 e. The Labute approximate surface area is 70.4 Å². The van der Waals surface area contributed by atoms with E-state index < -0.39 is 0 Å². The van der Waals surface area contributed by atoms with Gasteiger partial charge in [0.25, 0.3) is 0 Å². The lowest BCUT2D eigenvalue weighted by atomic mass is 9.74. The molecule has 0 amide bonds. The second-order valence-corrected chi connectivity index (χ2v) is 4.62. The fourth-order valence-electron chi connectivity index (χ4n) is 2.70. The summed E-state index contributed by atoms with van der Waals surface area (Å²) in [6.07, 6.45) is 7.57. The molecule has 0 radical (unpaired) electrons. The Morgan fingerprint density at radius 3 is 2.45 bits per heavy atom. The van der Waals surface area contributed by atoms with Gasteiger partial charge in [-0.3, -0.25) is 0 Å². The van der Waals surface area contributed by atoms with Gasteiger partial charge < -0.3 is 0 Å². The van der Waals surface area contributed by atoms with Gasteiger partial charge in [-0.2, -0.15) is 0 Å². The van der Waals surface area contributed by atoms with E-state index in [-0.39, 0.29) is 0 Å². The molecule has 3 unspecified atom stereocenters. The van der Waals surface area contributed by atoms with Crippen LogP contribution in [0.3, 0.4) is 0 Å². The number of hydrogen-bond acceptors (Lipinski definition) is 0. The van der Waals surface area contributed by atoms with Crippen LogP contribution in [0, 0.1) is 23.7 Å². The normalized spacial score (nSPS) is 39.8. The van der Waals surface area contributed by atoms with Crippen molar-refractivity contribution in [2.24, 2.45) is 23.7 Å². The molecule has 2 fully saturated rings. The summed E-state index contributed by atoms with van der Waals surface area (Å²) in [4.78, 5) is 0. The predicted octanol–water partition coefficient (Wildman–Crippen LogP) is 3.47. The van der Waals surface area contributed by atoms with E-state index in [9.17, 15) is 0 Å². The molecule has 0 spiro atoms. The lowest BCUT2D eigenvalue weighted by Crippen LogP contribution is -2.21. The first kappa shape index (κ1) is 7.64. The van der Waals surface area contributed by atoms with Crippen molar-refractivity contribution in [3.8, 4) is 0 Å². The van der Waals surface area contributed by atoms with Gasteiger partial charge in [-0.15, -0.1) is 0 Å². The van der Waals surface area contributed by atoms with Crippen molar-refractivity contribution in [1.29, 1.82) is 0 Å². The lowest BCUT2D eigenvalue weighted by Gasteiger charge is -2.31. The summed E-state index contributed by atoms with van der Waals surface area (Å²) in [5.74, 6) is 4.43. The molecular formula is C11H20. The van der Waals surface area contributed by atoms with Crippen molar-refractivity contribution >= 4 is 0 Å². The minimum absolute atomic E-state index is 1.06. The Kier molecular flexibility index (Phi) is 1.95. The summed E-state index contributed by atoms with van der Waals surface area (Å²) in [6.45, 7) is 4.84. The average Bonchev–Trinajstić information content (AvgIpc) is 2.60. The fourth-order valence-corrected chi connectivity index (χ4v) is 2.70. The van der Waals surface area contributed by atoms with Gasteiger partial charge in [-0.05, 0) is 30.1 Å². The Morgan fingerprint density at radius 2 is 2.09 bits per heavy atom. The molecule has 11 heavy (non-hydrogen) atoms. The van der Waals surface area contributed by atoms with Crippen molar-refractivity contribution in [3.63, 3.8) is 0 Å². The van der Waals surface area contributed by atoms with Crippen LogP contribution in [-0.4, -0.2) is 0 Å². The van der Waals surface area contributed by atoms with Gasteiger partial charge in [0.1, 0.15) is 0 Å². The molecule has 0 saturated heterocycles. The van der Waals surface area contributed by atoms with Crippen LogP contribution in [0.2, 0.25) is 0 Å². The topological polar surface area (TPSA) is 0 Å². The molecule has 64 valence electrons. The van der Waals surface area contributed by atoms with Gasteiger partial charge >= 0.3 is 0 Å². The Bertz CT molecular complexity index is 135. The van der Waals surface area contributed by atoms with E-state index in [4.69, 9.17) is 0 Å². The molecule has 0 aliphatic heterocycles. The Morgan fingerprint density at radius 1 is 1.36 bits per heavy atom. The van der Waals surface area contributed by atoms with E-state index in [1.807, 2.05) is 0 Å². The van der Waals surface area contributed by atoms with Crippen LogP contribution < -0.4 is 0 Å². The van der Waals surface area contributed by atoms with Crippen LogP contribution in [0.1, 0.15) is 46.0 Å². The number of rotatable bonds is 3. The fraction of sp³-hybridized carbons (Fsp3) is 1.00. The first-order valence-electron chi connectivity index (χ1n) is 5.33. The van der Waals surface area contributed by atoms with Gasteiger partial charge in [0.2, 0.25) is 0 Å². The molecule has 0 N–H and O–H groups in total.